The maximum atomic E-state index is 14.5. The number of carbonyl (C=O) groups excluding carboxylic acids is 2. The highest BCUT2D eigenvalue weighted by Crippen LogP contribution is 2.22. The molecular weight excluding hydrogens is 578 g/mol. The molecule has 0 aliphatic carbocycles. The lowest BCUT2D eigenvalue weighted by atomic mass is 10.0. The number of piperazine rings is 1. The Morgan fingerprint density at radius 2 is 1.52 bits per heavy atom. The monoisotopic (exact) mass is 605 g/mol. The first-order valence-corrected chi connectivity index (χ1v) is 13.7. The molecule has 0 saturated carbocycles. The SMILES string of the molecule is O=C(C=C(O)c1cc(Cc2c(F)ccc(F)c2F)cn(Cc2cccc(F)c2)c1=O)C(=O)N1CCN(c2ccccc2)CC1. The standard InChI is InChI=1S/C33H27F4N3O4/c34-23-6-4-5-21(15-23)19-40-20-22(16-25-27(35)9-10-28(36)31(25)37)17-26(32(40)43)29(41)18-30(42)33(44)39-13-11-38(12-14-39)24-7-2-1-3-8-24/h1-10,15,17-18,20,41H,11-14,16,19H2. The van der Waals surface area contributed by atoms with E-state index in [9.17, 15) is 37.1 Å². The van der Waals surface area contributed by atoms with E-state index in [1.165, 1.54) is 29.3 Å². The zero-order chi connectivity index (χ0) is 31.4. The predicted octanol–water partition coefficient (Wildman–Crippen LogP) is 4.86. The van der Waals surface area contributed by atoms with E-state index in [0.717, 1.165) is 22.4 Å². The molecule has 5 rings (SSSR count). The zero-order valence-corrected chi connectivity index (χ0v) is 23.4. The first-order valence-electron chi connectivity index (χ1n) is 13.7. The fourth-order valence-corrected chi connectivity index (χ4v) is 5.09. The third kappa shape index (κ3) is 6.72. The van der Waals surface area contributed by atoms with Crippen molar-refractivity contribution in [2.45, 2.75) is 13.0 Å². The highest BCUT2D eigenvalue weighted by atomic mass is 19.2. The molecule has 1 aliphatic heterocycles. The molecule has 4 aromatic rings. The van der Waals surface area contributed by atoms with E-state index in [2.05, 4.69) is 4.90 Å². The van der Waals surface area contributed by atoms with E-state index in [1.54, 1.807) is 6.07 Å². The average Bonchev–Trinajstić information content (AvgIpc) is 3.02. The molecule has 1 amide bonds. The number of carbonyl (C=O) groups is 2. The van der Waals surface area contributed by atoms with Crippen LogP contribution in [0.25, 0.3) is 5.76 Å². The van der Waals surface area contributed by atoms with Crippen LogP contribution < -0.4 is 10.5 Å². The Hall–Kier alpha value is -5.19. The average molecular weight is 606 g/mol. The number of nitrogens with zero attached hydrogens (tertiary/aromatic N) is 3. The zero-order valence-electron chi connectivity index (χ0n) is 23.4. The van der Waals surface area contributed by atoms with Gasteiger partial charge in [0.15, 0.2) is 11.6 Å². The second-order valence-corrected chi connectivity index (χ2v) is 10.3. The van der Waals surface area contributed by atoms with Crippen molar-refractivity contribution < 1.29 is 32.3 Å². The van der Waals surface area contributed by atoms with Crippen LogP contribution in [0.5, 0.6) is 0 Å². The predicted molar refractivity (Wildman–Crippen MR) is 156 cm³/mol. The molecule has 1 aromatic heterocycles. The van der Waals surface area contributed by atoms with Crippen LogP contribution in [0.3, 0.4) is 0 Å². The molecular formula is C33H27F4N3O4. The van der Waals surface area contributed by atoms with Crippen molar-refractivity contribution in [1.82, 2.24) is 9.47 Å². The summed E-state index contributed by atoms with van der Waals surface area (Å²) in [6, 6.07) is 17.5. The minimum Gasteiger partial charge on any atom is -0.507 e. The van der Waals surface area contributed by atoms with Gasteiger partial charge in [0.2, 0.25) is 5.78 Å². The minimum absolute atomic E-state index is 0.0789. The van der Waals surface area contributed by atoms with Gasteiger partial charge in [-0.25, -0.2) is 17.6 Å². The van der Waals surface area contributed by atoms with Gasteiger partial charge in [-0.1, -0.05) is 30.3 Å². The summed E-state index contributed by atoms with van der Waals surface area (Å²) in [6.45, 7) is 1.29. The van der Waals surface area contributed by atoms with Crippen molar-refractivity contribution in [3.63, 3.8) is 0 Å². The minimum atomic E-state index is -1.41. The maximum absolute atomic E-state index is 14.5. The number of aliphatic hydroxyl groups excluding tert-OH is 1. The number of pyridine rings is 1. The number of aliphatic hydroxyl groups is 1. The molecule has 3 aromatic carbocycles. The van der Waals surface area contributed by atoms with Gasteiger partial charge in [-0.05, 0) is 53.6 Å². The lowest BCUT2D eigenvalue weighted by Gasteiger charge is -2.35. The van der Waals surface area contributed by atoms with Crippen LogP contribution in [-0.2, 0) is 22.6 Å². The Kier molecular flexibility index (Phi) is 8.94. The Balaban J connectivity index is 1.42. The number of para-hydroxylation sites is 1. The summed E-state index contributed by atoms with van der Waals surface area (Å²) < 4.78 is 57.6. The number of amides is 1. The van der Waals surface area contributed by atoms with E-state index < -0.39 is 63.8 Å². The van der Waals surface area contributed by atoms with Crippen molar-refractivity contribution >= 4 is 23.1 Å². The summed E-state index contributed by atoms with van der Waals surface area (Å²) in [5, 5.41) is 10.9. The number of hydrogen-bond acceptors (Lipinski definition) is 5. The van der Waals surface area contributed by atoms with Crippen molar-refractivity contribution in [3.05, 3.63) is 141 Å². The summed E-state index contributed by atoms with van der Waals surface area (Å²) >= 11 is 0. The summed E-state index contributed by atoms with van der Waals surface area (Å²) in [6.07, 6.45) is 1.35. The molecule has 1 N–H and O–H groups in total. The Morgan fingerprint density at radius 3 is 2.23 bits per heavy atom. The molecule has 0 unspecified atom stereocenters. The van der Waals surface area contributed by atoms with Crippen LogP contribution in [0, 0.1) is 23.3 Å². The smallest absolute Gasteiger partial charge is 0.294 e. The third-order valence-corrected chi connectivity index (χ3v) is 7.35. The third-order valence-electron chi connectivity index (χ3n) is 7.35. The molecule has 0 atom stereocenters. The van der Waals surface area contributed by atoms with Crippen molar-refractivity contribution in [2.24, 2.45) is 0 Å². The van der Waals surface area contributed by atoms with Gasteiger partial charge in [0.25, 0.3) is 11.5 Å². The molecule has 44 heavy (non-hydrogen) atoms. The number of anilines is 1. The van der Waals surface area contributed by atoms with E-state index in [4.69, 9.17) is 0 Å². The van der Waals surface area contributed by atoms with Crippen LogP contribution in [0.1, 0.15) is 22.3 Å². The first-order chi connectivity index (χ1) is 21.1. The highest BCUT2D eigenvalue weighted by molar-refractivity contribution is 6.41. The molecule has 1 saturated heterocycles. The molecule has 0 spiro atoms. The van der Waals surface area contributed by atoms with Crippen molar-refractivity contribution in [3.8, 4) is 0 Å². The fraction of sp³-hybridized carbons (Fsp3) is 0.182. The number of ketones is 1. The summed E-state index contributed by atoms with van der Waals surface area (Å²) in [5.41, 5.74) is -0.445. The molecule has 226 valence electrons. The number of rotatable bonds is 8. The number of benzene rings is 3. The quantitative estimate of drug-likeness (QED) is 0.102. The van der Waals surface area contributed by atoms with Crippen LogP contribution >= 0.6 is 0 Å². The van der Waals surface area contributed by atoms with Gasteiger partial charge in [0, 0.05) is 56.1 Å². The van der Waals surface area contributed by atoms with Crippen LogP contribution in [-0.4, -0.2) is 52.4 Å². The second kappa shape index (κ2) is 13.0. The second-order valence-electron chi connectivity index (χ2n) is 10.3. The number of hydrogen-bond donors (Lipinski definition) is 1. The molecule has 2 heterocycles. The van der Waals surface area contributed by atoms with Gasteiger partial charge >= 0.3 is 0 Å². The van der Waals surface area contributed by atoms with Crippen LogP contribution in [0.15, 0.2) is 89.9 Å². The first kappa shape index (κ1) is 30.3. The van der Waals surface area contributed by atoms with E-state index in [-0.39, 0.29) is 25.2 Å². The van der Waals surface area contributed by atoms with Crippen molar-refractivity contribution in [2.75, 3.05) is 31.1 Å². The molecule has 1 aliphatic rings. The summed E-state index contributed by atoms with van der Waals surface area (Å²) in [5.74, 6) is -7.06. The van der Waals surface area contributed by atoms with Crippen molar-refractivity contribution in [1.29, 1.82) is 0 Å². The summed E-state index contributed by atoms with van der Waals surface area (Å²) in [4.78, 5) is 42.6. The van der Waals surface area contributed by atoms with Gasteiger partial charge in [-0.3, -0.25) is 14.4 Å². The van der Waals surface area contributed by atoms with Gasteiger partial charge in [0.1, 0.15) is 17.4 Å². The van der Waals surface area contributed by atoms with E-state index in [0.29, 0.717) is 30.8 Å². The molecule has 11 heteroatoms. The van der Waals surface area contributed by atoms with E-state index >= 15 is 0 Å². The van der Waals surface area contributed by atoms with Gasteiger partial charge in [-0.2, -0.15) is 0 Å². The topological polar surface area (TPSA) is 82.8 Å². The maximum Gasteiger partial charge on any atom is 0.294 e. The molecule has 0 radical (unpaired) electrons. The Bertz CT molecular complexity index is 1800. The Labute approximate surface area is 249 Å². The highest BCUT2D eigenvalue weighted by Gasteiger charge is 2.26. The molecule has 1 fully saturated rings. The normalized spacial score (nSPS) is 13.7. The van der Waals surface area contributed by atoms with E-state index in [1.807, 2.05) is 30.3 Å². The summed E-state index contributed by atoms with van der Waals surface area (Å²) in [7, 11) is 0. The lowest BCUT2D eigenvalue weighted by Crippen LogP contribution is -2.50. The Morgan fingerprint density at radius 1 is 0.818 bits per heavy atom. The fourth-order valence-electron chi connectivity index (χ4n) is 5.09. The van der Waals surface area contributed by atoms with Crippen LogP contribution in [0.2, 0.25) is 0 Å². The lowest BCUT2D eigenvalue weighted by molar-refractivity contribution is -0.142. The largest absolute Gasteiger partial charge is 0.507 e. The molecule has 7 nitrogen and oxygen atoms in total. The number of aromatic nitrogens is 1. The van der Waals surface area contributed by atoms with Gasteiger partial charge in [0.05, 0.1) is 12.1 Å². The van der Waals surface area contributed by atoms with Gasteiger partial charge in [-0.15, -0.1) is 0 Å². The van der Waals surface area contributed by atoms with Crippen LogP contribution in [0.4, 0.5) is 23.2 Å². The van der Waals surface area contributed by atoms with Gasteiger partial charge < -0.3 is 19.5 Å². The number of halogens is 4. The molecule has 0 bridgehead atoms.